The molecule has 0 spiro atoms. The highest BCUT2D eigenvalue weighted by Crippen LogP contribution is 2.22. The number of anilines is 1. The van der Waals surface area contributed by atoms with Gasteiger partial charge in [0.25, 0.3) is 0 Å². The maximum absolute atomic E-state index is 12.4. The summed E-state index contributed by atoms with van der Waals surface area (Å²) in [7, 11) is -2.24. The number of ether oxygens (including phenoxy) is 1. The first kappa shape index (κ1) is 18.8. The Balaban J connectivity index is 1.62. The molecule has 0 aliphatic carbocycles. The maximum atomic E-state index is 12.4. The number of aromatic nitrogens is 4. The van der Waals surface area contributed by atoms with Crippen LogP contribution in [-0.4, -0.2) is 48.4 Å². The van der Waals surface area contributed by atoms with E-state index in [4.69, 9.17) is 4.74 Å². The zero-order valence-corrected chi connectivity index (χ0v) is 15.8. The number of para-hydroxylation sites is 1. The summed E-state index contributed by atoms with van der Waals surface area (Å²) in [6, 6.07) is 10.0. The quantitative estimate of drug-likeness (QED) is 0.561. The third-order valence-electron chi connectivity index (χ3n) is 3.65. The lowest BCUT2D eigenvalue weighted by Gasteiger charge is -2.11. The Hall–Kier alpha value is -2.98. The van der Waals surface area contributed by atoms with Gasteiger partial charge in [-0.15, -0.1) is 0 Å². The largest absolute Gasteiger partial charge is 0.495 e. The van der Waals surface area contributed by atoms with Crippen molar-refractivity contribution in [3.05, 3.63) is 54.6 Å². The molecule has 10 heteroatoms. The van der Waals surface area contributed by atoms with Crippen molar-refractivity contribution in [1.82, 2.24) is 24.5 Å². The minimum Gasteiger partial charge on any atom is -0.495 e. The van der Waals surface area contributed by atoms with Crippen LogP contribution >= 0.6 is 0 Å². The number of nitrogens with zero attached hydrogens (tertiary/aromatic N) is 4. The number of hydrogen-bond donors (Lipinski definition) is 2. The monoisotopic (exact) mass is 388 g/mol. The Morgan fingerprint density at radius 2 is 1.96 bits per heavy atom. The summed E-state index contributed by atoms with van der Waals surface area (Å²) < 4.78 is 34.1. The minimum absolute atomic E-state index is 0.103. The summed E-state index contributed by atoms with van der Waals surface area (Å²) in [5.74, 6) is 2.10. The van der Waals surface area contributed by atoms with Gasteiger partial charge >= 0.3 is 0 Å². The second-order valence-corrected chi connectivity index (χ2v) is 7.32. The molecule has 0 amide bonds. The summed E-state index contributed by atoms with van der Waals surface area (Å²) in [6.07, 6.45) is 3.45. The fraction of sp³-hybridized carbons (Fsp3) is 0.235. The van der Waals surface area contributed by atoms with Crippen molar-refractivity contribution in [2.45, 2.75) is 11.8 Å². The fourth-order valence-corrected chi connectivity index (χ4v) is 3.66. The molecule has 2 heterocycles. The predicted molar refractivity (Wildman–Crippen MR) is 101 cm³/mol. The highest BCUT2D eigenvalue weighted by Gasteiger charge is 2.18. The summed E-state index contributed by atoms with van der Waals surface area (Å²) in [5.41, 5.74) is 0. The van der Waals surface area contributed by atoms with Gasteiger partial charge in [-0.2, -0.15) is 5.10 Å². The second kappa shape index (κ2) is 8.14. The van der Waals surface area contributed by atoms with E-state index in [-0.39, 0.29) is 11.4 Å². The summed E-state index contributed by atoms with van der Waals surface area (Å²) in [5, 5.41) is 7.23. The standard InChI is InChI=1S/C17H20N6O3S/c1-13-21-16(12-17(22-13)23-11-5-8-19-23)18-9-10-20-27(24,25)15-7-4-3-6-14(15)26-2/h3-8,11-12,20H,9-10H2,1-2H3,(H,18,21,22). The number of nitrogens with one attached hydrogen (secondary N) is 2. The van der Waals surface area contributed by atoms with Crippen molar-refractivity contribution in [3.8, 4) is 11.6 Å². The van der Waals surface area contributed by atoms with E-state index in [0.717, 1.165) is 0 Å². The number of rotatable bonds is 8. The van der Waals surface area contributed by atoms with Crippen LogP contribution in [0.25, 0.3) is 5.82 Å². The van der Waals surface area contributed by atoms with Crippen molar-refractivity contribution >= 4 is 15.8 Å². The normalized spacial score (nSPS) is 11.3. The zero-order chi connectivity index (χ0) is 19.3. The Labute approximate surface area is 157 Å². The van der Waals surface area contributed by atoms with E-state index in [2.05, 4.69) is 25.1 Å². The lowest BCUT2D eigenvalue weighted by molar-refractivity contribution is 0.402. The van der Waals surface area contributed by atoms with Crippen molar-refractivity contribution < 1.29 is 13.2 Å². The highest BCUT2D eigenvalue weighted by molar-refractivity contribution is 7.89. The summed E-state index contributed by atoms with van der Waals surface area (Å²) in [6.45, 7) is 2.31. The van der Waals surface area contributed by atoms with Crippen LogP contribution in [0.5, 0.6) is 5.75 Å². The van der Waals surface area contributed by atoms with Crippen LogP contribution in [0.4, 0.5) is 5.82 Å². The molecular weight excluding hydrogens is 368 g/mol. The molecule has 27 heavy (non-hydrogen) atoms. The van der Waals surface area contributed by atoms with Crippen molar-refractivity contribution in [3.63, 3.8) is 0 Å². The van der Waals surface area contributed by atoms with Gasteiger partial charge in [-0.1, -0.05) is 12.1 Å². The van der Waals surface area contributed by atoms with Gasteiger partial charge in [-0.05, 0) is 25.1 Å². The third-order valence-corrected chi connectivity index (χ3v) is 5.15. The van der Waals surface area contributed by atoms with Crippen LogP contribution in [0.15, 0.2) is 53.7 Å². The van der Waals surface area contributed by atoms with Crippen LogP contribution in [0.1, 0.15) is 5.82 Å². The van der Waals surface area contributed by atoms with Crippen molar-refractivity contribution in [1.29, 1.82) is 0 Å². The van der Waals surface area contributed by atoms with Gasteiger partial charge in [0, 0.05) is 31.5 Å². The third kappa shape index (κ3) is 4.60. The fourth-order valence-electron chi connectivity index (χ4n) is 2.46. The SMILES string of the molecule is COc1ccccc1S(=O)(=O)NCCNc1cc(-n2cccn2)nc(C)n1. The number of hydrogen-bond acceptors (Lipinski definition) is 7. The van der Waals surface area contributed by atoms with Gasteiger partial charge in [0.15, 0.2) is 5.82 Å². The summed E-state index contributed by atoms with van der Waals surface area (Å²) in [4.78, 5) is 8.73. The molecule has 9 nitrogen and oxygen atoms in total. The topological polar surface area (TPSA) is 111 Å². The van der Waals surface area contributed by atoms with E-state index in [0.29, 0.717) is 29.8 Å². The van der Waals surface area contributed by atoms with E-state index in [1.807, 2.05) is 0 Å². The molecule has 1 aromatic carbocycles. The van der Waals surface area contributed by atoms with Gasteiger partial charge in [-0.3, -0.25) is 0 Å². The first-order valence-electron chi connectivity index (χ1n) is 8.22. The smallest absolute Gasteiger partial charge is 0.244 e. The van der Waals surface area contributed by atoms with Crippen LogP contribution < -0.4 is 14.8 Å². The number of benzene rings is 1. The first-order valence-corrected chi connectivity index (χ1v) is 9.70. The molecule has 0 fully saturated rings. The minimum atomic E-state index is -3.67. The van der Waals surface area contributed by atoms with E-state index < -0.39 is 10.0 Å². The molecule has 3 aromatic rings. The maximum Gasteiger partial charge on any atom is 0.244 e. The van der Waals surface area contributed by atoms with E-state index in [9.17, 15) is 8.42 Å². The van der Waals surface area contributed by atoms with Crippen LogP contribution in [-0.2, 0) is 10.0 Å². The Bertz CT molecular complexity index is 1010. The first-order chi connectivity index (χ1) is 13.0. The van der Waals surface area contributed by atoms with Crippen LogP contribution in [0.2, 0.25) is 0 Å². The molecule has 2 N–H and O–H groups in total. The van der Waals surface area contributed by atoms with Crippen molar-refractivity contribution in [2.24, 2.45) is 0 Å². The van der Waals surface area contributed by atoms with E-state index in [1.54, 1.807) is 54.3 Å². The van der Waals surface area contributed by atoms with Crippen LogP contribution in [0, 0.1) is 6.92 Å². The summed E-state index contributed by atoms with van der Waals surface area (Å²) >= 11 is 0. The Morgan fingerprint density at radius 1 is 1.15 bits per heavy atom. The molecule has 3 rings (SSSR count). The molecule has 2 aromatic heterocycles. The molecule has 0 aliphatic heterocycles. The number of methoxy groups -OCH3 is 1. The molecule has 0 bridgehead atoms. The molecule has 0 atom stereocenters. The highest BCUT2D eigenvalue weighted by atomic mass is 32.2. The van der Waals surface area contributed by atoms with Crippen LogP contribution in [0.3, 0.4) is 0 Å². The second-order valence-electron chi connectivity index (χ2n) is 5.58. The Kier molecular flexibility index (Phi) is 5.67. The average Bonchev–Trinajstić information content (AvgIpc) is 3.20. The molecule has 142 valence electrons. The molecule has 0 saturated heterocycles. The Morgan fingerprint density at radius 3 is 2.70 bits per heavy atom. The van der Waals surface area contributed by atoms with Gasteiger partial charge in [0.1, 0.15) is 22.3 Å². The average molecular weight is 388 g/mol. The predicted octanol–water partition coefficient (Wildman–Crippen LogP) is 1.37. The molecule has 0 radical (unpaired) electrons. The zero-order valence-electron chi connectivity index (χ0n) is 15.0. The molecular formula is C17H20N6O3S. The van der Waals surface area contributed by atoms with Gasteiger partial charge in [-0.25, -0.2) is 27.8 Å². The number of aryl methyl sites for hydroxylation is 1. The molecule has 0 saturated carbocycles. The van der Waals surface area contributed by atoms with Crippen molar-refractivity contribution in [2.75, 3.05) is 25.5 Å². The molecule has 0 unspecified atom stereocenters. The number of sulfonamides is 1. The molecule has 0 aliphatic rings. The van der Waals surface area contributed by atoms with E-state index in [1.165, 1.54) is 13.2 Å². The van der Waals surface area contributed by atoms with Gasteiger partial charge in [0.05, 0.1) is 7.11 Å². The lowest BCUT2D eigenvalue weighted by Crippen LogP contribution is -2.29. The lowest BCUT2D eigenvalue weighted by atomic mass is 10.3. The van der Waals surface area contributed by atoms with Gasteiger partial charge < -0.3 is 10.1 Å². The van der Waals surface area contributed by atoms with Gasteiger partial charge in [0.2, 0.25) is 10.0 Å². The van der Waals surface area contributed by atoms with E-state index >= 15 is 0 Å².